The van der Waals surface area contributed by atoms with Crippen LogP contribution in [0.5, 0.6) is 0 Å². The fourth-order valence-electron chi connectivity index (χ4n) is 1.40. The molecular formula is C12H10ClN3O2. The lowest BCUT2D eigenvalue weighted by molar-refractivity contribution is 0.0690. The molecule has 5 nitrogen and oxygen atoms in total. The van der Waals surface area contributed by atoms with Crippen molar-refractivity contribution in [1.29, 1.82) is 0 Å². The molecule has 0 amide bonds. The number of carboxylic acids is 1. The molecule has 0 fully saturated rings. The number of aromatic carboxylic acids is 1. The van der Waals surface area contributed by atoms with Gasteiger partial charge in [-0.2, -0.15) is 0 Å². The van der Waals surface area contributed by atoms with E-state index in [4.69, 9.17) is 16.7 Å². The number of carbonyl (C=O) groups is 1. The number of aryl methyl sites for hydroxylation is 1. The van der Waals surface area contributed by atoms with Crippen LogP contribution in [0.4, 0.5) is 11.5 Å². The number of nitrogens with zero attached hydrogens (tertiary/aromatic N) is 2. The van der Waals surface area contributed by atoms with E-state index in [0.717, 1.165) is 11.3 Å². The molecule has 0 spiro atoms. The lowest BCUT2D eigenvalue weighted by Gasteiger charge is -2.09. The molecule has 2 N–H and O–H groups in total. The number of carboxylic acid groups (broad SMARTS) is 1. The van der Waals surface area contributed by atoms with Gasteiger partial charge in [0.25, 0.3) is 0 Å². The van der Waals surface area contributed by atoms with Gasteiger partial charge in [-0.1, -0.05) is 17.7 Å². The Labute approximate surface area is 108 Å². The molecule has 0 aliphatic carbocycles. The van der Waals surface area contributed by atoms with Crippen LogP contribution >= 0.6 is 11.6 Å². The number of hydrogen-bond acceptors (Lipinski definition) is 4. The molecule has 2 rings (SSSR count). The number of halogens is 1. The van der Waals surface area contributed by atoms with Crippen molar-refractivity contribution in [1.82, 2.24) is 9.97 Å². The van der Waals surface area contributed by atoms with Crippen LogP contribution in [-0.4, -0.2) is 21.0 Å². The van der Waals surface area contributed by atoms with E-state index < -0.39 is 5.97 Å². The zero-order chi connectivity index (χ0) is 13.1. The highest BCUT2D eigenvalue weighted by molar-refractivity contribution is 6.30. The predicted molar refractivity (Wildman–Crippen MR) is 68.5 cm³/mol. The summed E-state index contributed by atoms with van der Waals surface area (Å²) in [5, 5.41) is 12.4. The van der Waals surface area contributed by atoms with Crippen molar-refractivity contribution in [2.75, 3.05) is 5.32 Å². The summed E-state index contributed by atoms with van der Waals surface area (Å²) in [6.07, 6.45) is 2.64. The fourth-order valence-corrected chi connectivity index (χ4v) is 1.57. The van der Waals surface area contributed by atoms with Crippen LogP contribution in [0, 0.1) is 6.92 Å². The molecule has 1 aromatic heterocycles. The Morgan fingerprint density at radius 3 is 2.89 bits per heavy atom. The first-order chi connectivity index (χ1) is 8.56. The second-order valence-electron chi connectivity index (χ2n) is 3.68. The maximum Gasteiger partial charge on any atom is 0.356 e. The first kappa shape index (κ1) is 12.3. The van der Waals surface area contributed by atoms with Crippen molar-refractivity contribution in [2.45, 2.75) is 6.92 Å². The molecule has 0 radical (unpaired) electrons. The molecule has 1 aromatic carbocycles. The van der Waals surface area contributed by atoms with Crippen LogP contribution < -0.4 is 5.32 Å². The number of rotatable bonds is 3. The van der Waals surface area contributed by atoms with Gasteiger partial charge in [-0.3, -0.25) is 4.98 Å². The summed E-state index contributed by atoms with van der Waals surface area (Å²) in [7, 11) is 0. The average Bonchev–Trinajstić information content (AvgIpc) is 2.34. The minimum Gasteiger partial charge on any atom is -0.476 e. The molecule has 0 aliphatic rings. The quantitative estimate of drug-likeness (QED) is 0.891. The minimum atomic E-state index is -1.12. The van der Waals surface area contributed by atoms with E-state index in [9.17, 15) is 4.79 Å². The molecule has 0 saturated carbocycles. The standard InChI is InChI=1S/C12H10ClN3O2/c1-7-2-3-8(13)4-9(7)15-11-6-14-5-10(16-11)12(17)18/h2-6H,1H3,(H,15,16)(H,17,18). The molecule has 1 heterocycles. The van der Waals surface area contributed by atoms with Crippen LogP contribution in [0.15, 0.2) is 30.6 Å². The van der Waals surface area contributed by atoms with Crippen LogP contribution in [0.2, 0.25) is 5.02 Å². The first-order valence-corrected chi connectivity index (χ1v) is 5.52. The maximum absolute atomic E-state index is 10.8. The Hall–Kier alpha value is -2.14. The maximum atomic E-state index is 10.8. The highest BCUT2D eigenvalue weighted by Gasteiger charge is 2.07. The van der Waals surface area contributed by atoms with Gasteiger partial charge in [-0.25, -0.2) is 9.78 Å². The van der Waals surface area contributed by atoms with Crippen molar-refractivity contribution in [3.05, 3.63) is 46.9 Å². The van der Waals surface area contributed by atoms with Crippen LogP contribution in [0.25, 0.3) is 0 Å². The lowest BCUT2D eigenvalue weighted by Crippen LogP contribution is -2.04. The van der Waals surface area contributed by atoms with Crippen molar-refractivity contribution in [3.8, 4) is 0 Å². The fraction of sp³-hybridized carbons (Fsp3) is 0.0833. The number of aromatic nitrogens is 2. The lowest BCUT2D eigenvalue weighted by atomic mass is 10.2. The van der Waals surface area contributed by atoms with E-state index in [2.05, 4.69) is 15.3 Å². The molecule has 2 aromatic rings. The monoisotopic (exact) mass is 263 g/mol. The van der Waals surface area contributed by atoms with E-state index in [0.29, 0.717) is 10.8 Å². The second-order valence-corrected chi connectivity index (χ2v) is 4.12. The van der Waals surface area contributed by atoms with Crippen LogP contribution in [0.1, 0.15) is 16.1 Å². The molecular weight excluding hydrogens is 254 g/mol. The topological polar surface area (TPSA) is 75.1 Å². The average molecular weight is 264 g/mol. The summed E-state index contributed by atoms with van der Waals surface area (Å²) in [6.45, 7) is 1.91. The van der Waals surface area contributed by atoms with E-state index in [1.807, 2.05) is 13.0 Å². The summed E-state index contributed by atoms with van der Waals surface area (Å²) >= 11 is 5.89. The highest BCUT2D eigenvalue weighted by atomic mass is 35.5. The van der Waals surface area contributed by atoms with Gasteiger partial charge in [-0.05, 0) is 24.6 Å². The third-order valence-corrected chi connectivity index (χ3v) is 2.55. The summed E-state index contributed by atoms with van der Waals surface area (Å²) in [5.41, 5.74) is 1.63. The van der Waals surface area contributed by atoms with Crippen LogP contribution in [0.3, 0.4) is 0 Å². The molecule has 0 aliphatic heterocycles. The van der Waals surface area contributed by atoms with Gasteiger partial charge in [-0.15, -0.1) is 0 Å². The van der Waals surface area contributed by atoms with E-state index in [1.54, 1.807) is 12.1 Å². The zero-order valence-electron chi connectivity index (χ0n) is 9.51. The Kier molecular flexibility index (Phi) is 3.43. The Balaban J connectivity index is 2.31. The number of hydrogen-bond donors (Lipinski definition) is 2. The smallest absolute Gasteiger partial charge is 0.356 e. The summed E-state index contributed by atoms with van der Waals surface area (Å²) in [4.78, 5) is 18.5. The number of nitrogens with one attached hydrogen (secondary N) is 1. The van der Waals surface area contributed by atoms with Gasteiger partial charge in [0, 0.05) is 10.7 Å². The van der Waals surface area contributed by atoms with Crippen molar-refractivity contribution in [2.24, 2.45) is 0 Å². The third-order valence-electron chi connectivity index (χ3n) is 2.32. The Bertz CT molecular complexity index is 602. The molecule has 6 heteroatoms. The first-order valence-electron chi connectivity index (χ1n) is 5.15. The predicted octanol–water partition coefficient (Wildman–Crippen LogP) is 2.88. The molecule has 18 heavy (non-hydrogen) atoms. The van der Waals surface area contributed by atoms with Gasteiger partial charge >= 0.3 is 5.97 Å². The van der Waals surface area contributed by atoms with Crippen molar-refractivity contribution >= 4 is 29.1 Å². The molecule has 0 unspecified atom stereocenters. The van der Waals surface area contributed by atoms with Gasteiger partial charge in [0.15, 0.2) is 5.69 Å². The summed E-state index contributed by atoms with van der Waals surface area (Å²) < 4.78 is 0. The SMILES string of the molecule is Cc1ccc(Cl)cc1Nc1cncc(C(=O)O)n1. The third kappa shape index (κ3) is 2.75. The Morgan fingerprint density at radius 2 is 2.17 bits per heavy atom. The van der Waals surface area contributed by atoms with Crippen molar-refractivity contribution < 1.29 is 9.90 Å². The van der Waals surface area contributed by atoms with Gasteiger partial charge in [0.2, 0.25) is 0 Å². The van der Waals surface area contributed by atoms with Gasteiger partial charge in [0.05, 0.1) is 12.4 Å². The molecule has 92 valence electrons. The summed E-state index contributed by atoms with van der Waals surface area (Å²) in [6, 6.07) is 5.38. The van der Waals surface area contributed by atoms with Gasteiger partial charge < -0.3 is 10.4 Å². The normalized spacial score (nSPS) is 10.1. The highest BCUT2D eigenvalue weighted by Crippen LogP contribution is 2.22. The van der Waals surface area contributed by atoms with Crippen LogP contribution in [-0.2, 0) is 0 Å². The molecule has 0 saturated heterocycles. The van der Waals surface area contributed by atoms with E-state index >= 15 is 0 Å². The Morgan fingerprint density at radius 1 is 1.39 bits per heavy atom. The zero-order valence-corrected chi connectivity index (χ0v) is 10.3. The van der Waals surface area contributed by atoms with E-state index in [1.165, 1.54) is 12.4 Å². The number of anilines is 2. The second kappa shape index (κ2) is 5.01. The minimum absolute atomic E-state index is 0.111. The summed E-state index contributed by atoms with van der Waals surface area (Å²) in [5.74, 6) is -0.755. The van der Waals surface area contributed by atoms with Crippen molar-refractivity contribution in [3.63, 3.8) is 0 Å². The van der Waals surface area contributed by atoms with E-state index in [-0.39, 0.29) is 5.69 Å². The molecule has 0 bridgehead atoms. The van der Waals surface area contributed by atoms with Gasteiger partial charge in [0.1, 0.15) is 5.82 Å². The number of benzene rings is 1. The molecule has 0 atom stereocenters. The largest absolute Gasteiger partial charge is 0.476 e.